The number of thiocarbonyl (C=S) groups is 1. The van der Waals surface area contributed by atoms with E-state index in [1.165, 1.54) is 0 Å². The minimum atomic E-state index is -0.104. The first-order valence-electron chi connectivity index (χ1n) is 7.84. The van der Waals surface area contributed by atoms with Crippen LogP contribution in [0.25, 0.3) is 6.08 Å². The summed E-state index contributed by atoms with van der Waals surface area (Å²) in [7, 11) is 0. The smallest absolute Gasteiger partial charge is 0.276 e. The minimum absolute atomic E-state index is 0.104. The lowest BCUT2D eigenvalue weighted by atomic mass is 10.1. The van der Waals surface area contributed by atoms with Gasteiger partial charge in [0.25, 0.3) is 5.91 Å². The van der Waals surface area contributed by atoms with Crippen molar-refractivity contribution < 1.29 is 14.3 Å². The number of hydrogen-bond donors (Lipinski definition) is 1. The molecule has 0 bridgehead atoms. The number of nitrogens with one attached hydrogen (secondary N) is 1. The molecule has 5 nitrogen and oxygen atoms in total. The summed E-state index contributed by atoms with van der Waals surface area (Å²) >= 11 is 5.22. The van der Waals surface area contributed by atoms with Crippen molar-refractivity contribution in [3.8, 4) is 11.5 Å². The summed E-state index contributed by atoms with van der Waals surface area (Å²) in [5.41, 5.74) is 1.28. The van der Waals surface area contributed by atoms with E-state index in [1.807, 2.05) is 39.0 Å². The molecule has 0 spiro atoms. The lowest BCUT2D eigenvalue weighted by Crippen LogP contribution is -2.31. The van der Waals surface area contributed by atoms with Crippen LogP contribution in [-0.2, 0) is 4.79 Å². The number of ether oxygens (including phenoxy) is 2. The Kier molecular flexibility index (Phi) is 5.98. The highest BCUT2D eigenvalue weighted by Gasteiger charge is 2.29. The van der Waals surface area contributed by atoms with Gasteiger partial charge < -0.3 is 14.8 Å². The number of benzene rings is 1. The van der Waals surface area contributed by atoms with Gasteiger partial charge >= 0.3 is 0 Å². The van der Waals surface area contributed by atoms with Crippen LogP contribution in [0.4, 0.5) is 0 Å². The Morgan fingerprint density at radius 2 is 1.96 bits per heavy atom. The van der Waals surface area contributed by atoms with Crippen LogP contribution in [-0.4, -0.2) is 35.7 Å². The average molecular weight is 334 g/mol. The van der Waals surface area contributed by atoms with Crippen molar-refractivity contribution in [1.82, 2.24) is 10.2 Å². The maximum absolute atomic E-state index is 12.4. The highest BCUT2D eigenvalue weighted by Crippen LogP contribution is 2.28. The SMILES string of the molecule is CCCN1C(=O)C(=Cc2ccc(OCC)cc2OCC)NC1=S. The Balaban J connectivity index is 2.31. The highest BCUT2D eigenvalue weighted by atomic mass is 32.1. The van der Waals surface area contributed by atoms with E-state index >= 15 is 0 Å². The second-order valence-electron chi connectivity index (χ2n) is 5.01. The van der Waals surface area contributed by atoms with Crippen LogP contribution in [0.5, 0.6) is 11.5 Å². The summed E-state index contributed by atoms with van der Waals surface area (Å²) < 4.78 is 11.2. The van der Waals surface area contributed by atoms with E-state index < -0.39 is 0 Å². The number of hydrogen-bond acceptors (Lipinski definition) is 4. The molecular weight excluding hydrogens is 312 g/mol. The molecule has 0 unspecified atom stereocenters. The molecule has 0 aliphatic carbocycles. The van der Waals surface area contributed by atoms with Gasteiger partial charge in [-0.1, -0.05) is 6.92 Å². The molecule has 1 N–H and O–H groups in total. The van der Waals surface area contributed by atoms with E-state index in [-0.39, 0.29) is 5.91 Å². The molecule has 1 amide bonds. The molecule has 1 fully saturated rings. The quantitative estimate of drug-likeness (QED) is 0.614. The lowest BCUT2D eigenvalue weighted by Gasteiger charge is -2.11. The Bertz CT molecular complexity index is 628. The Labute approximate surface area is 142 Å². The predicted molar refractivity (Wildman–Crippen MR) is 94.5 cm³/mol. The summed E-state index contributed by atoms with van der Waals surface area (Å²) in [6.45, 7) is 7.60. The van der Waals surface area contributed by atoms with Crippen LogP contribution >= 0.6 is 12.2 Å². The van der Waals surface area contributed by atoms with Gasteiger partial charge in [0, 0.05) is 18.2 Å². The average Bonchev–Trinajstić information content (AvgIpc) is 2.78. The van der Waals surface area contributed by atoms with Crippen molar-refractivity contribution in [2.75, 3.05) is 19.8 Å². The van der Waals surface area contributed by atoms with Crippen LogP contribution in [0.3, 0.4) is 0 Å². The molecule has 0 radical (unpaired) electrons. The number of carbonyl (C=O) groups excluding carboxylic acids is 1. The fraction of sp³-hybridized carbons (Fsp3) is 0.412. The monoisotopic (exact) mass is 334 g/mol. The van der Waals surface area contributed by atoms with E-state index in [0.29, 0.717) is 36.3 Å². The van der Waals surface area contributed by atoms with E-state index in [4.69, 9.17) is 21.7 Å². The van der Waals surface area contributed by atoms with Gasteiger partial charge in [-0.2, -0.15) is 0 Å². The molecule has 0 saturated carbocycles. The van der Waals surface area contributed by atoms with Crippen LogP contribution in [0.15, 0.2) is 23.9 Å². The van der Waals surface area contributed by atoms with Gasteiger partial charge in [0.1, 0.15) is 17.2 Å². The Hall–Kier alpha value is -2.08. The molecule has 23 heavy (non-hydrogen) atoms. The number of nitrogens with zero attached hydrogens (tertiary/aromatic N) is 1. The van der Waals surface area contributed by atoms with Crippen molar-refractivity contribution in [3.05, 3.63) is 29.5 Å². The Morgan fingerprint density at radius 3 is 2.61 bits per heavy atom. The molecule has 6 heteroatoms. The summed E-state index contributed by atoms with van der Waals surface area (Å²) in [6.07, 6.45) is 2.62. The fourth-order valence-electron chi connectivity index (χ4n) is 2.32. The second kappa shape index (κ2) is 7.97. The zero-order valence-corrected chi connectivity index (χ0v) is 14.5. The van der Waals surface area contributed by atoms with Crippen LogP contribution in [0, 0.1) is 0 Å². The molecule has 1 aromatic rings. The zero-order chi connectivity index (χ0) is 16.8. The molecule has 124 valence electrons. The van der Waals surface area contributed by atoms with Gasteiger partial charge in [0.15, 0.2) is 5.11 Å². The molecule has 1 aromatic carbocycles. The molecule has 1 saturated heterocycles. The van der Waals surface area contributed by atoms with Crippen molar-refractivity contribution in [1.29, 1.82) is 0 Å². The number of rotatable bonds is 7. The zero-order valence-electron chi connectivity index (χ0n) is 13.7. The third kappa shape index (κ3) is 4.01. The molecule has 1 aliphatic rings. The van der Waals surface area contributed by atoms with Crippen LogP contribution in [0.2, 0.25) is 0 Å². The van der Waals surface area contributed by atoms with E-state index in [1.54, 1.807) is 11.0 Å². The number of amides is 1. The number of carbonyl (C=O) groups is 1. The third-order valence-corrected chi connectivity index (χ3v) is 3.63. The van der Waals surface area contributed by atoms with E-state index in [9.17, 15) is 4.79 Å². The third-order valence-electron chi connectivity index (χ3n) is 3.31. The largest absolute Gasteiger partial charge is 0.494 e. The van der Waals surface area contributed by atoms with Gasteiger partial charge in [0.2, 0.25) is 0 Å². The van der Waals surface area contributed by atoms with Crippen LogP contribution in [0.1, 0.15) is 32.8 Å². The van der Waals surface area contributed by atoms with Crippen molar-refractivity contribution in [3.63, 3.8) is 0 Å². The van der Waals surface area contributed by atoms with Gasteiger partial charge in [-0.15, -0.1) is 0 Å². The van der Waals surface area contributed by atoms with Crippen molar-refractivity contribution in [2.45, 2.75) is 27.2 Å². The van der Waals surface area contributed by atoms with Gasteiger partial charge in [-0.05, 0) is 50.7 Å². The summed E-state index contributed by atoms with van der Waals surface area (Å²) in [5.74, 6) is 1.32. The van der Waals surface area contributed by atoms with Crippen molar-refractivity contribution in [2.24, 2.45) is 0 Å². The first kappa shape index (κ1) is 17.3. The van der Waals surface area contributed by atoms with E-state index in [2.05, 4.69) is 5.32 Å². The summed E-state index contributed by atoms with van der Waals surface area (Å²) in [4.78, 5) is 14.0. The maximum Gasteiger partial charge on any atom is 0.276 e. The lowest BCUT2D eigenvalue weighted by molar-refractivity contribution is -0.122. The Morgan fingerprint density at radius 1 is 1.22 bits per heavy atom. The normalized spacial score (nSPS) is 16.0. The minimum Gasteiger partial charge on any atom is -0.494 e. The van der Waals surface area contributed by atoms with Crippen LogP contribution < -0.4 is 14.8 Å². The summed E-state index contributed by atoms with van der Waals surface area (Å²) in [6, 6.07) is 5.57. The van der Waals surface area contributed by atoms with Gasteiger partial charge in [-0.25, -0.2) is 0 Å². The van der Waals surface area contributed by atoms with Gasteiger partial charge in [-0.3, -0.25) is 9.69 Å². The highest BCUT2D eigenvalue weighted by molar-refractivity contribution is 7.80. The molecule has 0 atom stereocenters. The summed E-state index contributed by atoms with van der Waals surface area (Å²) in [5, 5.41) is 3.43. The topological polar surface area (TPSA) is 50.8 Å². The molecule has 2 rings (SSSR count). The molecule has 1 aliphatic heterocycles. The molecule has 0 aromatic heterocycles. The predicted octanol–water partition coefficient (Wildman–Crippen LogP) is 2.95. The maximum atomic E-state index is 12.4. The first-order chi connectivity index (χ1) is 11.1. The van der Waals surface area contributed by atoms with Gasteiger partial charge in [0.05, 0.1) is 13.2 Å². The van der Waals surface area contributed by atoms with Crippen molar-refractivity contribution >= 4 is 29.3 Å². The first-order valence-corrected chi connectivity index (χ1v) is 8.25. The molecule has 1 heterocycles. The fourth-order valence-corrected chi connectivity index (χ4v) is 2.61. The standard InChI is InChI=1S/C17H22N2O3S/c1-4-9-19-16(20)14(18-17(19)23)10-12-7-8-13(21-5-2)11-15(12)22-6-3/h7-8,10-11H,4-6,9H2,1-3H3,(H,18,23). The van der Waals surface area contributed by atoms with E-state index in [0.717, 1.165) is 17.7 Å². The second-order valence-corrected chi connectivity index (χ2v) is 5.40. The molecular formula is C17H22N2O3S.